The van der Waals surface area contributed by atoms with Crippen LogP contribution in [0.25, 0.3) is 0 Å². The van der Waals surface area contributed by atoms with Crippen LogP contribution >= 0.6 is 0 Å². The molecule has 1 heterocycles. The molecule has 0 aromatic heterocycles. The first-order chi connectivity index (χ1) is 10.5. The van der Waals surface area contributed by atoms with Gasteiger partial charge in [-0.1, -0.05) is 12.1 Å². The lowest BCUT2D eigenvalue weighted by Crippen LogP contribution is -2.59. The van der Waals surface area contributed by atoms with Gasteiger partial charge in [0.1, 0.15) is 24.1 Å². The Bertz CT molecular complexity index is 552. The van der Waals surface area contributed by atoms with Crippen molar-refractivity contribution in [3.63, 3.8) is 0 Å². The third-order valence-electron chi connectivity index (χ3n) is 3.08. The monoisotopic (exact) mass is 311 g/mol. The molecule has 6 N–H and O–H groups in total. The molecular weight excluding hydrogens is 294 g/mol. The Morgan fingerprint density at radius 3 is 2.73 bits per heavy atom. The fraction of sp³-hybridized carbons (Fsp3) is 0.385. The smallest absolute Gasteiger partial charge is 0.337 e. The van der Waals surface area contributed by atoms with Gasteiger partial charge < -0.3 is 30.5 Å². The van der Waals surface area contributed by atoms with Gasteiger partial charge in [0, 0.05) is 5.56 Å². The summed E-state index contributed by atoms with van der Waals surface area (Å²) in [5.74, 6) is 0.0107. The summed E-state index contributed by atoms with van der Waals surface area (Å²) < 4.78 is 5.00. The van der Waals surface area contributed by atoms with E-state index in [9.17, 15) is 25.2 Å². The van der Waals surface area contributed by atoms with Crippen molar-refractivity contribution < 1.29 is 30.0 Å². The van der Waals surface area contributed by atoms with Crippen molar-refractivity contribution >= 4 is 12.2 Å². The highest BCUT2D eigenvalue weighted by atomic mass is 16.5. The van der Waals surface area contributed by atoms with E-state index in [1.54, 1.807) is 18.2 Å². The van der Waals surface area contributed by atoms with Crippen molar-refractivity contribution in [2.45, 2.75) is 24.5 Å². The molecule has 22 heavy (non-hydrogen) atoms. The number of phenolic OH excluding ortho intramolecular Hbond substituents is 1. The number of aliphatic hydroxyl groups excluding tert-OH is 3. The molecule has 1 fully saturated rings. The van der Waals surface area contributed by atoms with Crippen LogP contribution in [0.4, 0.5) is 4.79 Å². The van der Waals surface area contributed by atoms with Gasteiger partial charge >= 0.3 is 6.03 Å². The average molecular weight is 311 g/mol. The normalized spacial score (nSPS) is 28.5. The van der Waals surface area contributed by atoms with Crippen molar-refractivity contribution in [2.75, 3.05) is 6.61 Å². The Morgan fingerprint density at radius 1 is 1.27 bits per heavy atom. The zero-order valence-corrected chi connectivity index (χ0v) is 11.5. The minimum absolute atomic E-state index is 0.0107. The maximum atomic E-state index is 11.6. The van der Waals surface area contributed by atoms with Crippen LogP contribution in [0.3, 0.4) is 0 Å². The zero-order chi connectivity index (χ0) is 16.1. The summed E-state index contributed by atoms with van der Waals surface area (Å²) in [5, 5.41) is 43.8. The second-order valence-electron chi connectivity index (χ2n) is 4.70. The second kappa shape index (κ2) is 7.18. The van der Waals surface area contributed by atoms with Crippen molar-refractivity contribution in [3.8, 4) is 5.75 Å². The van der Waals surface area contributed by atoms with Crippen LogP contribution in [-0.4, -0.2) is 63.8 Å². The lowest BCUT2D eigenvalue weighted by Gasteiger charge is -2.35. The zero-order valence-electron chi connectivity index (χ0n) is 11.5. The summed E-state index contributed by atoms with van der Waals surface area (Å²) in [4.78, 5) is 11.6. The van der Waals surface area contributed by atoms with Crippen LogP contribution in [0, 0.1) is 0 Å². The van der Waals surface area contributed by atoms with E-state index in [1.807, 2.05) is 0 Å². The summed E-state index contributed by atoms with van der Waals surface area (Å²) in [6, 6.07) is 5.64. The van der Waals surface area contributed by atoms with E-state index in [0.717, 1.165) is 0 Å². The topological polar surface area (TPSA) is 144 Å². The van der Waals surface area contributed by atoms with Gasteiger partial charge in [0.2, 0.25) is 0 Å². The number of hydrogen-bond acceptors (Lipinski definition) is 7. The van der Waals surface area contributed by atoms with Crippen molar-refractivity contribution in [3.05, 3.63) is 29.8 Å². The van der Waals surface area contributed by atoms with E-state index in [0.29, 0.717) is 5.56 Å². The van der Waals surface area contributed by atoms with Crippen LogP contribution < -0.4 is 10.7 Å². The van der Waals surface area contributed by atoms with Gasteiger partial charge in [-0.05, 0) is 12.1 Å². The molecule has 1 saturated heterocycles. The molecule has 1 aliphatic rings. The lowest BCUT2D eigenvalue weighted by atomic mass is 10.0. The van der Waals surface area contributed by atoms with Gasteiger partial charge in [-0.15, -0.1) is 0 Å². The van der Waals surface area contributed by atoms with Gasteiger partial charge in [0.15, 0.2) is 6.23 Å². The largest absolute Gasteiger partial charge is 0.507 e. The molecule has 1 aromatic rings. The number of nitrogens with one attached hydrogen (secondary N) is 2. The number of carbonyl (C=O) groups is 1. The van der Waals surface area contributed by atoms with Gasteiger partial charge in [-0.3, -0.25) is 0 Å². The first-order valence-corrected chi connectivity index (χ1v) is 6.52. The van der Waals surface area contributed by atoms with E-state index >= 15 is 0 Å². The number of benzene rings is 1. The van der Waals surface area contributed by atoms with Gasteiger partial charge in [-0.2, -0.15) is 5.10 Å². The summed E-state index contributed by atoms with van der Waals surface area (Å²) in [6.07, 6.45) is -4.01. The third-order valence-corrected chi connectivity index (χ3v) is 3.08. The molecule has 2 rings (SSSR count). The number of phenols is 1. The molecule has 1 aromatic carbocycles. The number of ether oxygens (including phenoxy) is 1. The lowest BCUT2D eigenvalue weighted by molar-refractivity contribution is -0.191. The maximum absolute atomic E-state index is 11.6. The fourth-order valence-corrected chi connectivity index (χ4v) is 1.85. The van der Waals surface area contributed by atoms with Crippen LogP contribution in [0.5, 0.6) is 5.75 Å². The quantitative estimate of drug-likeness (QED) is 0.295. The molecule has 2 amide bonds. The molecule has 0 spiro atoms. The average Bonchev–Trinajstić information content (AvgIpc) is 2.50. The molecule has 0 saturated carbocycles. The molecular formula is C13H17N3O6. The molecule has 9 nitrogen and oxygen atoms in total. The first kappa shape index (κ1) is 16.2. The minimum atomic E-state index is -1.46. The number of hydrogen-bond donors (Lipinski definition) is 6. The molecule has 9 heteroatoms. The summed E-state index contributed by atoms with van der Waals surface area (Å²) in [7, 11) is 0. The summed E-state index contributed by atoms with van der Waals surface area (Å²) in [6.45, 7) is -0.218. The molecule has 0 radical (unpaired) electrons. The molecule has 0 aliphatic carbocycles. The van der Waals surface area contributed by atoms with E-state index in [2.05, 4.69) is 15.8 Å². The Balaban J connectivity index is 1.84. The molecule has 1 aliphatic heterocycles. The van der Waals surface area contributed by atoms with Crippen LogP contribution in [0.2, 0.25) is 0 Å². The Hall–Kier alpha value is -2.20. The SMILES string of the molecule is O=C(NN=Cc1ccccc1O)N[C@H]1OC[C@@H](O)[C@H](O)[C@H]1O. The number of hydrazone groups is 1. The van der Waals surface area contributed by atoms with Crippen LogP contribution in [-0.2, 0) is 4.74 Å². The summed E-state index contributed by atoms with van der Waals surface area (Å²) >= 11 is 0. The molecule has 0 unspecified atom stereocenters. The molecule has 0 bridgehead atoms. The van der Waals surface area contributed by atoms with Crippen LogP contribution in [0.1, 0.15) is 5.56 Å². The van der Waals surface area contributed by atoms with Crippen molar-refractivity contribution in [1.82, 2.24) is 10.7 Å². The molecule has 120 valence electrons. The Morgan fingerprint density at radius 2 is 2.00 bits per heavy atom. The Kier molecular flexibility index (Phi) is 5.28. The van der Waals surface area contributed by atoms with E-state index in [-0.39, 0.29) is 12.4 Å². The maximum Gasteiger partial charge on any atom is 0.337 e. The van der Waals surface area contributed by atoms with Crippen LogP contribution in [0.15, 0.2) is 29.4 Å². The second-order valence-corrected chi connectivity index (χ2v) is 4.70. The number of urea groups is 1. The number of rotatable bonds is 3. The van der Waals surface area contributed by atoms with Gasteiger partial charge in [-0.25, -0.2) is 10.2 Å². The van der Waals surface area contributed by atoms with E-state index in [1.165, 1.54) is 12.3 Å². The fourth-order valence-electron chi connectivity index (χ4n) is 1.85. The number of aliphatic hydroxyl groups is 3. The van der Waals surface area contributed by atoms with E-state index in [4.69, 9.17) is 4.74 Å². The third kappa shape index (κ3) is 3.92. The predicted octanol–water partition coefficient (Wildman–Crippen LogP) is -1.54. The number of para-hydroxylation sites is 1. The van der Waals surface area contributed by atoms with Crippen molar-refractivity contribution in [1.29, 1.82) is 0 Å². The summed E-state index contributed by atoms with van der Waals surface area (Å²) in [5.41, 5.74) is 2.54. The van der Waals surface area contributed by atoms with Gasteiger partial charge in [0.05, 0.1) is 12.8 Å². The highest BCUT2D eigenvalue weighted by Gasteiger charge is 2.38. The predicted molar refractivity (Wildman–Crippen MR) is 75.1 cm³/mol. The van der Waals surface area contributed by atoms with Gasteiger partial charge in [0.25, 0.3) is 0 Å². The Labute approximate surface area is 125 Å². The number of nitrogens with zero attached hydrogens (tertiary/aromatic N) is 1. The number of amides is 2. The highest BCUT2D eigenvalue weighted by molar-refractivity contribution is 5.84. The number of aromatic hydroxyl groups is 1. The van der Waals surface area contributed by atoms with E-state index < -0.39 is 30.6 Å². The van der Waals surface area contributed by atoms with Crippen molar-refractivity contribution in [2.24, 2.45) is 5.10 Å². The molecule has 4 atom stereocenters. The highest BCUT2D eigenvalue weighted by Crippen LogP contribution is 2.14. The standard InChI is InChI=1S/C13H17N3O6/c17-8-4-2-1-3-7(8)5-14-16-13(21)15-12-11(20)10(19)9(18)6-22-12/h1-5,9-12,17-20H,6H2,(H2,15,16,21)/t9-,10+,11-,12+/m1/s1. The minimum Gasteiger partial charge on any atom is -0.507 e. The first-order valence-electron chi connectivity index (χ1n) is 6.52. The number of carbonyl (C=O) groups excluding carboxylic acids is 1.